The third kappa shape index (κ3) is 4.57. The SMILES string of the molecule is C[C@H](N)C(=O)Oc1cccc(-c2cccc3[nH]nnc23)c1NC(=O)OCc1ccccc1. The molecule has 1 atom stereocenters. The number of benzene rings is 3. The first-order valence-electron chi connectivity index (χ1n) is 9.91. The van der Waals surface area contributed by atoms with Crippen LogP contribution in [0.15, 0.2) is 66.7 Å². The smallest absolute Gasteiger partial charge is 0.412 e. The molecule has 0 radical (unpaired) electrons. The Bertz CT molecular complexity index is 1250. The Morgan fingerprint density at radius 3 is 2.56 bits per heavy atom. The lowest BCUT2D eigenvalue weighted by Crippen LogP contribution is -2.31. The summed E-state index contributed by atoms with van der Waals surface area (Å²) in [5.41, 5.74) is 9.34. The molecule has 0 spiro atoms. The van der Waals surface area contributed by atoms with Gasteiger partial charge in [-0.3, -0.25) is 10.4 Å². The Labute approximate surface area is 183 Å². The number of nitrogens with two attached hydrogens (primary N) is 1. The van der Waals surface area contributed by atoms with Gasteiger partial charge in [-0.25, -0.2) is 9.59 Å². The number of nitrogens with one attached hydrogen (secondary N) is 2. The van der Waals surface area contributed by atoms with Gasteiger partial charge in [-0.2, -0.15) is 0 Å². The predicted molar refractivity (Wildman–Crippen MR) is 119 cm³/mol. The molecule has 0 bridgehead atoms. The van der Waals surface area contributed by atoms with Crippen LogP contribution in [0.3, 0.4) is 0 Å². The number of hydrogen-bond acceptors (Lipinski definition) is 7. The van der Waals surface area contributed by atoms with E-state index in [9.17, 15) is 9.59 Å². The summed E-state index contributed by atoms with van der Waals surface area (Å²) in [6, 6.07) is 19.0. The first-order chi connectivity index (χ1) is 15.5. The molecule has 162 valence electrons. The number of hydrogen-bond donors (Lipinski definition) is 3. The van der Waals surface area contributed by atoms with Gasteiger partial charge < -0.3 is 15.2 Å². The summed E-state index contributed by atoms with van der Waals surface area (Å²) in [5.74, 6) is -0.496. The highest BCUT2D eigenvalue weighted by molar-refractivity contribution is 6.01. The van der Waals surface area contributed by atoms with Crippen LogP contribution < -0.4 is 15.8 Å². The lowest BCUT2D eigenvalue weighted by atomic mass is 10.0. The average Bonchev–Trinajstić information content (AvgIpc) is 3.28. The number of amides is 1. The summed E-state index contributed by atoms with van der Waals surface area (Å²) >= 11 is 0. The quantitative estimate of drug-likeness (QED) is 0.314. The topological polar surface area (TPSA) is 132 Å². The van der Waals surface area contributed by atoms with Crippen molar-refractivity contribution in [3.05, 3.63) is 72.3 Å². The van der Waals surface area contributed by atoms with Crippen LogP contribution in [-0.4, -0.2) is 33.5 Å². The Morgan fingerprint density at radius 2 is 1.78 bits per heavy atom. The number of carbonyl (C=O) groups excluding carboxylic acids is 2. The van der Waals surface area contributed by atoms with Gasteiger partial charge in [0.05, 0.1) is 11.2 Å². The van der Waals surface area contributed by atoms with Gasteiger partial charge in [0.15, 0.2) is 5.75 Å². The molecular weight excluding hydrogens is 410 g/mol. The second-order valence-electron chi connectivity index (χ2n) is 7.09. The molecule has 1 heterocycles. The number of anilines is 1. The zero-order valence-electron chi connectivity index (χ0n) is 17.2. The van der Waals surface area contributed by atoms with Crippen molar-refractivity contribution in [1.29, 1.82) is 0 Å². The number of rotatable bonds is 6. The fourth-order valence-corrected chi connectivity index (χ4v) is 3.12. The van der Waals surface area contributed by atoms with Gasteiger partial charge in [0.2, 0.25) is 0 Å². The van der Waals surface area contributed by atoms with Gasteiger partial charge >= 0.3 is 12.1 Å². The fraction of sp³-hybridized carbons (Fsp3) is 0.130. The van der Waals surface area contributed by atoms with Crippen LogP contribution in [0.25, 0.3) is 22.2 Å². The Morgan fingerprint density at radius 1 is 1.03 bits per heavy atom. The normalized spacial score (nSPS) is 11.7. The van der Waals surface area contributed by atoms with E-state index in [1.165, 1.54) is 6.92 Å². The lowest BCUT2D eigenvalue weighted by molar-refractivity contribution is -0.135. The number of H-pyrrole nitrogens is 1. The summed E-state index contributed by atoms with van der Waals surface area (Å²) in [5, 5.41) is 13.5. The van der Waals surface area contributed by atoms with Crippen molar-refractivity contribution in [2.75, 3.05) is 5.32 Å². The van der Waals surface area contributed by atoms with Crippen LogP contribution in [0.5, 0.6) is 5.75 Å². The summed E-state index contributed by atoms with van der Waals surface area (Å²) < 4.78 is 10.8. The van der Waals surface area contributed by atoms with Crippen molar-refractivity contribution < 1.29 is 19.1 Å². The summed E-state index contributed by atoms with van der Waals surface area (Å²) in [4.78, 5) is 24.8. The molecular formula is C23H21N5O4. The maximum absolute atomic E-state index is 12.6. The molecule has 0 aliphatic carbocycles. The van der Waals surface area contributed by atoms with Gasteiger partial charge in [0, 0.05) is 11.1 Å². The molecule has 0 fully saturated rings. The lowest BCUT2D eigenvalue weighted by Gasteiger charge is -2.17. The molecule has 4 rings (SSSR count). The standard InChI is InChI=1S/C23H21N5O4/c1-14(24)22(29)32-19-12-6-10-17(16-9-5-11-18-20(16)27-28-26-18)21(19)25-23(30)31-13-15-7-3-2-4-8-15/h2-12,14H,13,24H2,1H3,(H,25,30)(H,26,27,28)/t14-/m0/s1. The van der Waals surface area contributed by atoms with Crippen molar-refractivity contribution in [2.24, 2.45) is 5.73 Å². The summed E-state index contributed by atoms with van der Waals surface area (Å²) in [6.07, 6.45) is -0.702. The molecule has 0 saturated heterocycles. The molecule has 0 saturated carbocycles. The number of fused-ring (bicyclic) bond motifs is 1. The van der Waals surface area contributed by atoms with Gasteiger partial charge in [0.1, 0.15) is 18.2 Å². The van der Waals surface area contributed by atoms with Crippen molar-refractivity contribution in [1.82, 2.24) is 15.4 Å². The highest BCUT2D eigenvalue weighted by Gasteiger charge is 2.20. The number of carbonyl (C=O) groups is 2. The molecule has 32 heavy (non-hydrogen) atoms. The largest absolute Gasteiger partial charge is 0.444 e. The molecule has 0 unspecified atom stereocenters. The first kappa shape index (κ1) is 21.0. The van der Waals surface area contributed by atoms with Crippen molar-refractivity contribution in [3.63, 3.8) is 0 Å². The van der Waals surface area contributed by atoms with Crippen molar-refractivity contribution in [3.8, 4) is 16.9 Å². The second-order valence-corrected chi connectivity index (χ2v) is 7.09. The molecule has 1 amide bonds. The van der Waals surface area contributed by atoms with Gasteiger partial charge in [-0.15, -0.1) is 5.10 Å². The molecule has 3 aromatic carbocycles. The fourth-order valence-electron chi connectivity index (χ4n) is 3.12. The zero-order chi connectivity index (χ0) is 22.5. The molecule has 0 aliphatic heterocycles. The van der Waals surface area contributed by atoms with Crippen LogP contribution in [0.1, 0.15) is 12.5 Å². The van der Waals surface area contributed by atoms with Crippen molar-refractivity contribution >= 4 is 28.8 Å². The number of nitrogens with zero attached hydrogens (tertiary/aromatic N) is 2. The molecule has 4 aromatic rings. The minimum absolute atomic E-state index is 0.0860. The van der Waals surface area contributed by atoms with Crippen LogP contribution in [0, 0.1) is 0 Å². The van der Waals surface area contributed by atoms with E-state index in [-0.39, 0.29) is 18.0 Å². The number of esters is 1. The molecule has 9 nitrogen and oxygen atoms in total. The molecule has 1 aromatic heterocycles. The van der Waals surface area contributed by atoms with Gasteiger partial charge in [-0.05, 0) is 24.6 Å². The summed E-state index contributed by atoms with van der Waals surface area (Å²) in [6.45, 7) is 1.60. The van der Waals surface area contributed by atoms with Gasteiger partial charge in [-0.1, -0.05) is 59.8 Å². The maximum Gasteiger partial charge on any atom is 0.412 e. The molecule has 4 N–H and O–H groups in total. The minimum Gasteiger partial charge on any atom is -0.444 e. The summed E-state index contributed by atoms with van der Waals surface area (Å²) in [7, 11) is 0. The van der Waals surface area contributed by atoms with E-state index in [0.717, 1.165) is 11.1 Å². The Kier molecular flexibility index (Phi) is 6.09. The maximum atomic E-state index is 12.6. The van der Waals surface area contributed by atoms with E-state index < -0.39 is 18.1 Å². The van der Waals surface area contributed by atoms with Gasteiger partial charge in [0.25, 0.3) is 0 Å². The average molecular weight is 431 g/mol. The molecule has 0 aliphatic rings. The highest BCUT2D eigenvalue weighted by atomic mass is 16.6. The van der Waals surface area contributed by atoms with E-state index >= 15 is 0 Å². The van der Waals surface area contributed by atoms with E-state index in [2.05, 4.69) is 20.7 Å². The van der Waals surface area contributed by atoms with E-state index in [1.807, 2.05) is 48.5 Å². The highest BCUT2D eigenvalue weighted by Crippen LogP contribution is 2.38. The number of aromatic amines is 1. The van der Waals surface area contributed by atoms with Crippen molar-refractivity contribution in [2.45, 2.75) is 19.6 Å². The Hall–Kier alpha value is -4.24. The molecule has 9 heteroatoms. The zero-order valence-corrected chi connectivity index (χ0v) is 17.2. The van der Waals surface area contributed by atoms with Crippen LogP contribution in [0.2, 0.25) is 0 Å². The number of para-hydroxylation sites is 1. The monoisotopic (exact) mass is 431 g/mol. The number of ether oxygens (including phenoxy) is 2. The number of aromatic nitrogens is 3. The van der Waals surface area contributed by atoms with E-state index in [1.54, 1.807) is 18.2 Å². The van der Waals surface area contributed by atoms with Crippen LogP contribution in [-0.2, 0) is 16.1 Å². The van der Waals surface area contributed by atoms with Crippen LogP contribution >= 0.6 is 0 Å². The van der Waals surface area contributed by atoms with E-state index in [0.29, 0.717) is 16.6 Å². The second kappa shape index (κ2) is 9.27. The van der Waals surface area contributed by atoms with E-state index in [4.69, 9.17) is 15.2 Å². The third-order valence-electron chi connectivity index (χ3n) is 4.70. The third-order valence-corrected chi connectivity index (χ3v) is 4.70. The predicted octanol–water partition coefficient (Wildman–Crippen LogP) is 3.63. The minimum atomic E-state index is -0.837. The van der Waals surface area contributed by atoms with Crippen LogP contribution in [0.4, 0.5) is 10.5 Å². The Balaban J connectivity index is 1.69. The first-order valence-corrected chi connectivity index (χ1v) is 9.91.